The van der Waals surface area contributed by atoms with Crippen molar-refractivity contribution in [1.82, 2.24) is 0 Å². The van der Waals surface area contributed by atoms with Crippen LogP contribution in [-0.2, 0) is 15.6 Å². The number of benzene rings is 1. The number of phenols is 1. The number of carbonyl (C=O) groups excluding carboxylic acids is 1. The molecule has 0 unspecified atom stereocenters. The van der Waals surface area contributed by atoms with Gasteiger partial charge in [0.25, 0.3) is 0 Å². The molecule has 1 rings (SSSR count). The molecule has 130 valence electrons. The summed E-state index contributed by atoms with van der Waals surface area (Å²) in [5.41, 5.74) is 1.65. The van der Waals surface area contributed by atoms with E-state index in [0.717, 1.165) is 11.1 Å². The highest BCUT2D eigenvalue weighted by Gasteiger charge is 2.27. The number of aliphatic hydroxyl groups excluding tert-OH is 1. The number of hydrogen-bond donors (Lipinski definition) is 2. The smallest absolute Gasteiger partial charge is 0.165 e. The number of hydrogen-bond acceptors (Lipinski definition) is 4. The second kappa shape index (κ2) is 7.45. The number of rotatable bonds is 6. The fourth-order valence-corrected chi connectivity index (χ4v) is 2.41. The van der Waals surface area contributed by atoms with Crippen molar-refractivity contribution in [3.05, 3.63) is 28.8 Å². The summed E-state index contributed by atoms with van der Waals surface area (Å²) in [6.45, 7) is 12.6. The summed E-state index contributed by atoms with van der Waals surface area (Å²) in [5, 5.41) is 19.3. The zero-order chi connectivity index (χ0) is 17.8. The van der Waals surface area contributed by atoms with E-state index in [1.165, 1.54) is 0 Å². The van der Waals surface area contributed by atoms with E-state index in [1.807, 2.05) is 41.5 Å². The fraction of sp³-hybridized carbons (Fsp3) is 0.632. The van der Waals surface area contributed by atoms with Crippen LogP contribution in [0.3, 0.4) is 0 Å². The number of phenolic OH excluding ortho intramolecular Hbond substituents is 1. The molecule has 1 aromatic carbocycles. The topological polar surface area (TPSA) is 66.8 Å². The van der Waals surface area contributed by atoms with Gasteiger partial charge in [-0.15, -0.1) is 0 Å². The van der Waals surface area contributed by atoms with Gasteiger partial charge < -0.3 is 14.9 Å². The Morgan fingerprint density at radius 3 is 1.87 bits per heavy atom. The van der Waals surface area contributed by atoms with E-state index in [4.69, 9.17) is 9.84 Å². The van der Waals surface area contributed by atoms with Crippen molar-refractivity contribution in [2.24, 2.45) is 0 Å². The molecule has 0 aliphatic carbocycles. The van der Waals surface area contributed by atoms with E-state index in [9.17, 15) is 9.90 Å². The lowest BCUT2D eigenvalue weighted by atomic mass is 9.78. The first-order valence-corrected chi connectivity index (χ1v) is 8.08. The maximum absolute atomic E-state index is 12.5. The Morgan fingerprint density at radius 1 is 1.00 bits per heavy atom. The highest BCUT2D eigenvalue weighted by atomic mass is 16.5. The van der Waals surface area contributed by atoms with E-state index >= 15 is 0 Å². The van der Waals surface area contributed by atoms with E-state index in [2.05, 4.69) is 0 Å². The number of aliphatic hydroxyl groups is 1. The molecule has 23 heavy (non-hydrogen) atoms. The molecule has 0 radical (unpaired) electrons. The van der Waals surface area contributed by atoms with Crippen LogP contribution < -0.4 is 0 Å². The molecular formula is C19H30O4. The molecule has 0 bridgehead atoms. The third-order valence-electron chi connectivity index (χ3n) is 3.76. The van der Waals surface area contributed by atoms with Gasteiger partial charge in [0, 0.05) is 23.1 Å². The molecule has 0 spiro atoms. The van der Waals surface area contributed by atoms with Gasteiger partial charge in [0.1, 0.15) is 5.75 Å². The quantitative estimate of drug-likeness (QED) is 0.621. The lowest BCUT2D eigenvalue weighted by Crippen LogP contribution is -2.19. The van der Waals surface area contributed by atoms with Crippen molar-refractivity contribution in [1.29, 1.82) is 0 Å². The molecule has 0 fully saturated rings. The number of Topliss-reactive ketones (excluding diaryl/α,β-unsaturated/α-hetero) is 1. The largest absolute Gasteiger partial charge is 0.507 e. The lowest BCUT2D eigenvalue weighted by molar-refractivity contribution is 0.0766. The first-order chi connectivity index (χ1) is 10.5. The van der Waals surface area contributed by atoms with Crippen LogP contribution >= 0.6 is 0 Å². The van der Waals surface area contributed by atoms with Crippen molar-refractivity contribution in [2.75, 3.05) is 19.8 Å². The van der Waals surface area contributed by atoms with Gasteiger partial charge in [-0.2, -0.15) is 0 Å². The highest BCUT2D eigenvalue weighted by Crippen LogP contribution is 2.39. The Kier molecular flexibility index (Phi) is 6.37. The van der Waals surface area contributed by atoms with Crippen LogP contribution in [0, 0.1) is 0 Å². The fourth-order valence-electron chi connectivity index (χ4n) is 2.41. The Hall–Kier alpha value is -1.39. The molecule has 0 amide bonds. The maximum Gasteiger partial charge on any atom is 0.165 e. The standard InChI is InChI=1S/C19H30O4/c1-18(2,3)14-11-13(16(21)7-9-23-10-8-20)12-15(17(14)22)19(4,5)6/h11-12,20,22H,7-10H2,1-6H3. The van der Waals surface area contributed by atoms with Gasteiger partial charge in [-0.05, 0) is 23.0 Å². The lowest BCUT2D eigenvalue weighted by Gasteiger charge is -2.28. The highest BCUT2D eigenvalue weighted by molar-refractivity contribution is 5.97. The molecule has 0 atom stereocenters. The van der Waals surface area contributed by atoms with Crippen LogP contribution in [0.4, 0.5) is 0 Å². The third kappa shape index (κ3) is 5.33. The molecule has 0 saturated carbocycles. The molecule has 0 aliphatic heterocycles. The summed E-state index contributed by atoms with van der Waals surface area (Å²) in [6, 6.07) is 3.58. The molecular weight excluding hydrogens is 292 g/mol. The third-order valence-corrected chi connectivity index (χ3v) is 3.76. The summed E-state index contributed by atoms with van der Waals surface area (Å²) in [7, 11) is 0. The van der Waals surface area contributed by atoms with Gasteiger partial charge in [-0.3, -0.25) is 4.79 Å². The van der Waals surface area contributed by atoms with E-state index in [-0.39, 0.29) is 48.6 Å². The van der Waals surface area contributed by atoms with Crippen molar-refractivity contribution in [3.8, 4) is 5.75 Å². The molecule has 0 aliphatic rings. The normalized spacial score (nSPS) is 12.5. The van der Waals surface area contributed by atoms with Crippen LogP contribution in [-0.4, -0.2) is 35.8 Å². The van der Waals surface area contributed by atoms with Gasteiger partial charge in [0.2, 0.25) is 0 Å². The van der Waals surface area contributed by atoms with Crippen LogP contribution in [0.1, 0.15) is 69.4 Å². The van der Waals surface area contributed by atoms with Gasteiger partial charge in [-0.25, -0.2) is 0 Å². The summed E-state index contributed by atoms with van der Waals surface area (Å²) in [6.07, 6.45) is 0.262. The molecule has 2 N–H and O–H groups in total. The number of ketones is 1. The number of aromatic hydroxyl groups is 1. The summed E-state index contributed by atoms with van der Waals surface area (Å²) < 4.78 is 5.17. The predicted molar refractivity (Wildman–Crippen MR) is 92.4 cm³/mol. The number of carbonyl (C=O) groups is 1. The first kappa shape index (κ1) is 19.7. The molecule has 1 aromatic rings. The van der Waals surface area contributed by atoms with Gasteiger partial charge in [0.15, 0.2) is 5.78 Å². The van der Waals surface area contributed by atoms with Gasteiger partial charge in [0.05, 0.1) is 19.8 Å². The van der Waals surface area contributed by atoms with Gasteiger partial charge >= 0.3 is 0 Å². The Labute approximate surface area is 139 Å². The molecule has 4 nitrogen and oxygen atoms in total. The zero-order valence-corrected chi connectivity index (χ0v) is 15.2. The van der Waals surface area contributed by atoms with Crippen molar-refractivity contribution < 1.29 is 19.7 Å². The van der Waals surface area contributed by atoms with Crippen LogP contribution in [0.25, 0.3) is 0 Å². The average molecular weight is 322 g/mol. The molecule has 4 heteroatoms. The Bertz CT molecular complexity index is 512. The number of ether oxygens (including phenoxy) is 1. The monoisotopic (exact) mass is 322 g/mol. The minimum atomic E-state index is -0.256. The average Bonchev–Trinajstić information content (AvgIpc) is 2.41. The summed E-state index contributed by atoms with van der Waals surface area (Å²) in [5.74, 6) is 0.261. The van der Waals surface area contributed by atoms with Crippen molar-refractivity contribution in [3.63, 3.8) is 0 Å². The van der Waals surface area contributed by atoms with Crippen LogP contribution in [0.5, 0.6) is 5.75 Å². The zero-order valence-electron chi connectivity index (χ0n) is 15.2. The second-order valence-corrected chi connectivity index (χ2v) is 7.93. The van der Waals surface area contributed by atoms with Crippen molar-refractivity contribution >= 4 is 5.78 Å². The van der Waals surface area contributed by atoms with E-state index < -0.39 is 0 Å². The van der Waals surface area contributed by atoms with E-state index in [0.29, 0.717) is 5.56 Å². The van der Waals surface area contributed by atoms with E-state index in [1.54, 1.807) is 12.1 Å². The van der Waals surface area contributed by atoms with Crippen molar-refractivity contribution in [2.45, 2.75) is 58.8 Å². The molecule has 0 aromatic heterocycles. The first-order valence-electron chi connectivity index (χ1n) is 8.08. The molecule has 0 saturated heterocycles. The van der Waals surface area contributed by atoms with Crippen LogP contribution in [0.2, 0.25) is 0 Å². The Morgan fingerprint density at radius 2 is 1.48 bits per heavy atom. The van der Waals surface area contributed by atoms with Gasteiger partial charge in [-0.1, -0.05) is 41.5 Å². The minimum Gasteiger partial charge on any atom is -0.507 e. The summed E-state index contributed by atoms with van der Waals surface area (Å²) in [4.78, 5) is 12.5. The molecule has 0 heterocycles. The maximum atomic E-state index is 12.5. The minimum absolute atomic E-state index is 0.0149. The second-order valence-electron chi connectivity index (χ2n) is 7.93. The SMILES string of the molecule is CC(C)(C)c1cc(C(=O)CCOCCO)cc(C(C)(C)C)c1O. The predicted octanol–water partition coefficient (Wildman–Crippen LogP) is 3.57. The summed E-state index contributed by atoms with van der Waals surface area (Å²) >= 11 is 0. The Balaban J connectivity index is 3.20. The van der Waals surface area contributed by atoms with Crippen LogP contribution in [0.15, 0.2) is 12.1 Å².